The number of rotatable bonds is 6. The van der Waals surface area contributed by atoms with Crippen LogP contribution in [0.1, 0.15) is 31.2 Å². The average Bonchev–Trinajstić information content (AvgIpc) is 3.21. The topological polar surface area (TPSA) is 109 Å². The molecule has 1 aliphatic carbocycles. The SMILES string of the molecule is CC1(NS(=O)(=O)c2cc(N3CCNCC3)c3c(c2)n(-c2nnc(C(F)F)s2)c2nccn32)CC1. The molecular weight excluding hydrogens is 486 g/mol. The van der Waals surface area contributed by atoms with Crippen molar-refractivity contribution in [3.63, 3.8) is 0 Å². The summed E-state index contributed by atoms with van der Waals surface area (Å²) in [6.45, 7) is 4.79. The minimum atomic E-state index is -3.82. The second kappa shape index (κ2) is 7.66. The van der Waals surface area contributed by atoms with E-state index in [1.165, 1.54) is 0 Å². The van der Waals surface area contributed by atoms with Crippen LogP contribution in [0.4, 0.5) is 14.5 Å². The average molecular weight is 509 g/mol. The molecule has 2 N–H and O–H groups in total. The van der Waals surface area contributed by atoms with E-state index in [0.29, 0.717) is 24.4 Å². The molecule has 4 aromatic rings. The predicted octanol–water partition coefficient (Wildman–Crippen LogP) is 2.31. The molecule has 0 amide bonds. The Kier molecular flexibility index (Phi) is 4.92. The Labute approximate surface area is 197 Å². The molecule has 2 aliphatic rings. The van der Waals surface area contributed by atoms with E-state index in [2.05, 4.69) is 30.1 Å². The van der Waals surface area contributed by atoms with Crippen LogP contribution in [0.15, 0.2) is 29.4 Å². The second-order valence-electron chi connectivity index (χ2n) is 8.87. The Hall–Kier alpha value is -2.68. The van der Waals surface area contributed by atoms with Gasteiger partial charge in [0.2, 0.25) is 20.9 Å². The van der Waals surface area contributed by atoms with Crippen molar-refractivity contribution in [1.82, 2.24) is 34.2 Å². The molecule has 0 radical (unpaired) electrons. The minimum absolute atomic E-state index is 0.113. The highest BCUT2D eigenvalue weighted by Gasteiger charge is 2.41. The number of aromatic nitrogens is 5. The smallest absolute Gasteiger partial charge is 0.291 e. The van der Waals surface area contributed by atoms with Gasteiger partial charge in [-0.1, -0.05) is 11.3 Å². The highest BCUT2D eigenvalue weighted by molar-refractivity contribution is 7.89. The zero-order valence-corrected chi connectivity index (χ0v) is 19.8. The lowest BCUT2D eigenvalue weighted by Crippen LogP contribution is -2.43. The van der Waals surface area contributed by atoms with Crippen LogP contribution in [-0.4, -0.2) is 64.3 Å². The number of hydrogen-bond donors (Lipinski definition) is 2. The van der Waals surface area contributed by atoms with Gasteiger partial charge < -0.3 is 10.2 Å². The summed E-state index contributed by atoms with van der Waals surface area (Å²) in [6, 6.07) is 3.25. The zero-order valence-electron chi connectivity index (χ0n) is 18.2. The second-order valence-corrected chi connectivity index (χ2v) is 11.5. The number of anilines is 1. The van der Waals surface area contributed by atoms with Crippen LogP contribution in [0.2, 0.25) is 0 Å². The summed E-state index contributed by atoms with van der Waals surface area (Å²) in [7, 11) is -3.82. The molecule has 14 heteroatoms. The van der Waals surface area contributed by atoms with E-state index in [-0.39, 0.29) is 10.0 Å². The summed E-state index contributed by atoms with van der Waals surface area (Å²) < 4.78 is 59.5. The molecule has 180 valence electrons. The molecular formula is C20H22F2N8O2S2. The number of sulfonamides is 1. The molecule has 1 saturated carbocycles. The molecule has 3 aromatic heterocycles. The van der Waals surface area contributed by atoms with Crippen molar-refractivity contribution in [3.05, 3.63) is 29.5 Å². The quantitative estimate of drug-likeness (QED) is 0.411. The van der Waals surface area contributed by atoms with Crippen LogP contribution in [0.3, 0.4) is 0 Å². The van der Waals surface area contributed by atoms with Crippen LogP contribution >= 0.6 is 11.3 Å². The predicted molar refractivity (Wildman–Crippen MR) is 123 cm³/mol. The molecule has 0 spiro atoms. The van der Waals surface area contributed by atoms with Gasteiger partial charge in [0, 0.05) is 44.1 Å². The fourth-order valence-electron chi connectivity index (χ4n) is 4.31. The molecule has 6 rings (SSSR count). The van der Waals surface area contributed by atoms with Gasteiger partial charge in [0.15, 0.2) is 5.01 Å². The van der Waals surface area contributed by atoms with Crippen LogP contribution in [0.5, 0.6) is 0 Å². The summed E-state index contributed by atoms with van der Waals surface area (Å²) in [6.07, 6.45) is 2.20. The lowest BCUT2D eigenvalue weighted by atomic mass is 10.2. The number of alkyl halides is 2. The van der Waals surface area contributed by atoms with E-state index >= 15 is 0 Å². The molecule has 0 bridgehead atoms. The van der Waals surface area contributed by atoms with Crippen LogP contribution in [0, 0.1) is 0 Å². The number of piperazine rings is 1. The summed E-state index contributed by atoms with van der Waals surface area (Å²) in [5.74, 6) is 0.444. The Bertz CT molecular complexity index is 1500. The first kappa shape index (κ1) is 21.8. The number of nitrogens with zero attached hydrogens (tertiary/aromatic N) is 6. The maximum atomic E-state index is 13.4. The van der Waals surface area contributed by atoms with Crippen LogP contribution in [0.25, 0.3) is 21.9 Å². The van der Waals surface area contributed by atoms with Gasteiger partial charge in [-0.3, -0.25) is 8.97 Å². The van der Waals surface area contributed by atoms with Gasteiger partial charge in [0.25, 0.3) is 6.43 Å². The monoisotopic (exact) mass is 508 g/mol. The first-order valence-corrected chi connectivity index (χ1v) is 13.2. The Morgan fingerprint density at radius 1 is 1.21 bits per heavy atom. The molecule has 0 unspecified atom stereocenters. The van der Waals surface area contributed by atoms with Crippen molar-refractivity contribution >= 4 is 43.9 Å². The summed E-state index contributed by atoms with van der Waals surface area (Å²) in [5, 5.41) is 10.7. The van der Waals surface area contributed by atoms with Gasteiger partial charge in [-0.2, -0.15) is 0 Å². The van der Waals surface area contributed by atoms with Crippen LogP contribution < -0.4 is 14.9 Å². The van der Waals surface area contributed by atoms with E-state index in [4.69, 9.17) is 0 Å². The first-order chi connectivity index (χ1) is 16.3. The molecule has 4 heterocycles. The molecule has 1 aliphatic heterocycles. The number of nitrogens with one attached hydrogen (secondary N) is 2. The molecule has 1 saturated heterocycles. The van der Waals surface area contributed by atoms with Crippen molar-refractivity contribution in [3.8, 4) is 5.13 Å². The Morgan fingerprint density at radius 3 is 2.65 bits per heavy atom. The third-order valence-electron chi connectivity index (χ3n) is 6.30. The number of benzene rings is 1. The van der Waals surface area contributed by atoms with Crippen molar-refractivity contribution in [2.45, 2.75) is 36.6 Å². The molecule has 10 nitrogen and oxygen atoms in total. The third-order valence-corrected chi connectivity index (χ3v) is 8.84. The van der Waals surface area contributed by atoms with E-state index in [1.807, 2.05) is 11.3 Å². The van der Waals surface area contributed by atoms with Crippen molar-refractivity contribution in [2.24, 2.45) is 0 Å². The normalized spacial score (nSPS) is 18.4. The maximum Gasteiger partial charge on any atom is 0.291 e. The van der Waals surface area contributed by atoms with Crippen molar-refractivity contribution in [2.75, 3.05) is 31.1 Å². The van der Waals surface area contributed by atoms with Crippen LogP contribution in [-0.2, 0) is 10.0 Å². The van der Waals surface area contributed by atoms with E-state index in [9.17, 15) is 17.2 Å². The van der Waals surface area contributed by atoms with Gasteiger partial charge in [0.1, 0.15) is 0 Å². The van der Waals surface area contributed by atoms with Crippen molar-refractivity contribution in [1.29, 1.82) is 0 Å². The maximum absolute atomic E-state index is 13.4. The van der Waals surface area contributed by atoms with Gasteiger partial charge in [-0.15, -0.1) is 10.2 Å². The third kappa shape index (κ3) is 3.56. The summed E-state index contributed by atoms with van der Waals surface area (Å²) in [4.78, 5) is 6.66. The summed E-state index contributed by atoms with van der Waals surface area (Å²) in [5.41, 5.74) is 1.54. The van der Waals surface area contributed by atoms with E-state index in [0.717, 1.165) is 48.5 Å². The van der Waals surface area contributed by atoms with E-state index < -0.39 is 27.0 Å². The van der Waals surface area contributed by atoms with Gasteiger partial charge >= 0.3 is 0 Å². The number of halogens is 2. The number of fused-ring (bicyclic) bond motifs is 3. The lowest BCUT2D eigenvalue weighted by Gasteiger charge is -2.30. The highest BCUT2D eigenvalue weighted by Crippen LogP contribution is 2.39. The number of imidazole rings is 2. The Morgan fingerprint density at radius 2 is 1.97 bits per heavy atom. The van der Waals surface area contributed by atoms with Gasteiger partial charge in [0.05, 0.1) is 21.6 Å². The molecule has 2 fully saturated rings. The van der Waals surface area contributed by atoms with Crippen molar-refractivity contribution < 1.29 is 17.2 Å². The zero-order chi connectivity index (χ0) is 23.7. The highest BCUT2D eigenvalue weighted by atomic mass is 32.2. The van der Waals surface area contributed by atoms with Gasteiger partial charge in [-0.05, 0) is 31.9 Å². The van der Waals surface area contributed by atoms with Gasteiger partial charge in [-0.25, -0.2) is 26.9 Å². The minimum Gasteiger partial charge on any atom is -0.367 e. The lowest BCUT2D eigenvalue weighted by molar-refractivity contribution is 0.150. The standard InChI is InChI=1S/C20H22F2N8O2S2/c1-20(2-3-20)27-34(31,32)12-10-13(28-7-4-23-5-8-28)15-14(11-12)30(18-24-6-9-29(15)18)19-26-25-17(33-19)16(21)22/h6,9-11,16,23,27H,2-5,7-8H2,1H3. The first-order valence-electron chi connectivity index (χ1n) is 10.9. The Balaban J connectivity index is 1.63. The molecule has 34 heavy (non-hydrogen) atoms. The molecule has 0 atom stereocenters. The summed E-state index contributed by atoms with van der Waals surface area (Å²) >= 11 is 0.755. The number of hydrogen-bond acceptors (Lipinski definition) is 8. The molecule has 1 aromatic carbocycles. The fourth-order valence-corrected chi connectivity index (χ4v) is 6.52. The van der Waals surface area contributed by atoms with E-state index in [1.54, 1.807) is 29.1 Å². The largest absolute Gasteiger partial charge is 0.367 e. The fraction of sp³-hybridized carbons (Fsp3) is 0.450.